The van der Waals surface area contributed by atoms with Crippen molar-refractivity contribution in [2.24, 2.45) is 0 Å². The zero-order valence-electron chi connectivity index (χ0n) is 13.2. The highest BCUT2D eigenvalue weighted by Gasteiger charge is 2.11. The van der Waals surface area contributed by atoms with E-state index in [2.05, 4.69) is 5.32 Å². The largest absolute Gasteiger partial charge is 0.482 e. The molecule has 0 bridgehead atoms. The van der Waals surface area contributed by atoms with E-state index < -0.39 is 18.5 Å². The van der Waals surface area contributed by atoms with Gasteiger partial charge >= 0.3 is 5.97 Å². The number of likely N-dealkylation sites (N-methyl/N-ethyl adjacent to an activating group) is 1. The van der Waals surface area contributed by atoms with Crippen molar-refractivity contribution < 1.29 is 23.9 Å². The second kappa shape index (κ2) is 8.99. The summed E-state index contributed by atoms with van der Waals surface area (Å²) in [5, 5.41) is 2.94. The molecule has 1 aromatic rings. The van der Waals surface area contributed by atoms with Gasteiger partial charge in [0, 0.05) is 19.1 Å². The Kier molecular flexibility index (Phi) is 7.34. The molecule has 0 aromatic heterocycles. The Morgan fingerprint density at radius 1 is 1.22 bits per heavy atom. The number of hydrogen-bond acceptors (Lipinski definition) is 5. The Labute approximate surface area is 139 Å². The van der Waals surface area contributed by atoms with E-state index in [1.54, 1.807) is 32.3 Å². The lowest BCUT2D eigenvalue weighted by molar-refractivity contribution is -0.150. The van der Waals surface area contributed by atoms with E-state index in [1.165, 1.54) is 4.90 Å². The minimum atomic E-state index is -0.688. The third kappa shape index (κ3) is 7.01. The van der Waals surface area contributed by atoms with Crippen LogP contribution in [0.3, 0.4) is 0 Å². The molecule has 0 aliphatic carbocycles. The van der Waals surface area contributed by atoms with Gasteiger partial charge in [0.25, 0.3) is 5.91 Å². The molecule has 0 aliphatic heterocycles. The second-order valence-electron chi connectivity index (χ2n) is 4.93. The molecule has 0 atom stereocenters. The monoisotopic (exact) mass is 342 g/mol. The van der Waals surface area contributed by atoms with Crippen LogP contribution in [0.1, 0.15) is 5.56 Å². The number of ether oxygens (including phenoxy) is 2. The molecular weight excluding hydrogens is 324 g/mol. The second-order valence-corrected chi connectivity index (χ2v) is 5.33. The third-order valence-corrected chi connectivity index (χ3v) is 3.21. The first-order valence-corrected chi connectivity index (χ1v) is 7.19. The third-order valence-electron chi connectivity index (χ3n) is 2.79. The highest BCUT2D eigenvalue weighted by molar-refractivity contribution is 6.31. The summed E-state index contributed by atoms with van der Waals surface area (Å²) in [5.41, 5.74) is 0.822. The number of benzene rings is 1. The molecule has 126 valence electrons. The van der Waals surface area contributed by atoms with Crippen LogP contribution >= 0.6 is 11.6 Å². The number of rotatable bonds is 7. The van der Waals surface area contributed by atoms with Gasteiger partial charge in [0.1, 0.15) is 5.75 Å². The molecule has 0 heterocycles. The van der Waals surface area contributed by atoms with Crippen LogP contribution in [0.4, 0.5) is 0 Å². The first kappa shape index (κ1) is 18.8. The van der Waals surface area contributed by atoms with E-state index in [0.717, 1.165) is 5.56 Å². The average molecular weight is 343 g/mol. The normalized spacial score (nSPS) is 9.91. The Hall–Kier alpha value is -2.28. The molecular formula is C15H19ClN2O5. The highest BCUT2D eigenvalue weighted by Crippen LogP contribution is 2.20. The molecule has 7 nitrogen and oxygen atoms in total. The van der Waals surface area contributed by atoms with E-state index in [1.807, 2.05) is 6.92 Å². The van der Waals surface area contributed by atoms with Crippen LogP contribution in [0.5, 0.6) is 5.75 Å². The molecule has 2 amide bonds. The molecule has 8 heteroatoms. The lowest BCUT2D eigenvalue weighted by Crippen LogP contribution is -2.38. The van der Waals surface area contributed by atoms with Gasteiger partial charge in [0.05, 0.1) is 6.54 Å². The summed E-state index contributed by atoms with van der Waals surface area (Å²) in [4.78, 5) is 35.5. The van der Waals surface area contributed by atoms with Crippen molar-refractivity contribution in [1.29, 1.82) is 0 Å². The van der Waals surface area contributed by atoms with Gasteiger partial charge in [-0.25, -0.2) is 4.79 Å². The topological polar surface area (TPSA) is 84.9 Å². The van der Waals surface area contributed by atoms with Gasteiger partial charge < -0.3 is 19.7 Å². The van der Waals surface area contributed by atoms with Crippen molar-refractivity contribution in [3.63, 3.8) is 0 Å². The standard InChI is InChI=1S/C15H19ClN2O5/c1-10-6-11(4-5-12(10)16)22-9-15(21)23-8-13(19)17-7-14(20)18(2)3/h4-6H,7-9H2,1-3H3,(H,17,19). The molecule has 0 radical (unpaired) electrons. The summed E-state index contributed by atoms with van der Waals surface area (Å²) in [5.74, 6) is -1.03. The van der Waals surface area contributed by atoms with Crippen molar-refractivity contribution >= 4 is 29.4 Å². The van der Waals surface area contributed by atoms with Crippen LogP contribution in [0, 0.1) is 6.92 Å². The molecule has 0 saturated carbocycles. The molecule has 1 rings (SSSR count). The molecule has 1 N–H and O–H groups in total. The SMILES string of the molecule is Cc1cc(OCC(=O)OCC(=O)NCC(=O)N(C)C)ccc1Cl. The van der Waals surface area contributed by atoms with Gasteiger partial charge in [-0.05, 0) is 30.7 Å². The van der Waals surface area contributed by atoms with Crippen LogP contribution in [0.25, 0.3) is 0 Å². The van der Waals surface area contributed by atoms with Gasteiger partial charge in [0.15, 0.2) is 13.2 Å². The van der Waals surface area contributed by atoms with Gasteiger partial charge in [0.2, 0.25) is 5.91 Å². The molecule has 0 saturated heterocycles. The van der Waals surface area contributed by atoms with Crippen LogP contribution in [0.2, 0.25) is 5.02 Å². The number of nitrogens with one attached hydrogen (secondary N) is 1. The summed E-state index contributed by atoms with van der Waals surface area (Å²) < 4.78 is 9.99. The number of carbonyl (C=O) groups is 3. The number of carbonyl (C=O) groups excluding carboxylic acids is 3. The minimum Gasteiger partial charge on any atom is -0.482 e. The van der Waals surface area contributed by atoms with Crippen molar-refractivity contribution in [3.8, 4) is 5.75 Å². The number of esters is 1. The number of halogens is 1. The maximum Gasteiger partial charge on any atom is 0.344 e. The molecule has 23 heavy (non-hydrogen) atoms. The predicted octanol–water partition coefficient (Wildman–Crippen LogP) is 0.775. The van der Waals surface area contributed by atoms with Crippen molar-refractivity contribution in [2.45, 2.75) is 6.92 Å². The number of nitrogens with zero attached hydrogens (tertiary/aromatic N) is 1. The summed E-state index contributed by atoms with van der Waals surface area (Å²) in [6.07, 6.45) is 0. The lowest BCUT2D eigenvalue weighted by Gasteiger charge is -2.11. The molecule has 0 unspecified atom stereocenters. The van der Waals surface area contributed by atoms with Crippen LogP contribution < -0.4 is 10.1 Å². The van der Waals surface area contributed by atoms with E-state index in [4.69, 9.17) is 21.1 Å². The minimum absolute atomic E-state index is 0.149. The summed E-state index contributed by atoms with van der Waals surface area (Å²) in [6.45, 7) is 0.865. The Balaban J connectivity index is 2.27. The maximum absolute atomic E-state index is 11.5. The van der Waals surface area contributed by atoms with Gasteiger partial charge in [-0.15, -0.1) is 0 Å². The van der Waals surface area contributed by atoms with Gasteiger partial charge in [-0.1, -0.05) is 11.6 Å². The van der Waals surface area contributed by atoms with Gasteiger partial charge in [-0.2, -0.15) is 0 Å². The molecule has 1 aromatic carbocycles. The average Bonchev–Trinajstić information content (AvgIpc) is 2.51. The van der Waals surface area contributed by atoms with Crippen molar-refractivity contribution in [3.05, 3.63) is 28.8 Å². The molecule has 0 fully saturated rings. The van der Waals surface area contributed by atoms with E-state index in [-0.39, 0.29) is 19.1 Å². The Bertz CT molecular complexity index is 589. The summed E-state index contributed by atoms with van der Waals surface area (Å²) in [7, 11) is 3.15. The zero-order valence-corrected chi connectivity index (χ0v) is 14.0. The fraction of sp³-hybridized carbons (Fsp3) is 0.400. The lowest BCUT2D eigenvalue weighted by atomic mass is 10.2. The van der Waals surface area contributed by atoms with Crippen molar-refractivity contribution in [1.82, 2.24) is 10.2 Å². The quantitative estimate of drug-likeness (QED) is 0.740. The van der Waals surface area contributed by atoms with E-state index in [9.17, 15) is 14.4 Å². The maximum atomic E-state index is 11.5. The fourth-order valence-electron chi connectivity index (χ4n) is 1.42. The first-order valence-electron chi connectivity index (χ1n) is 6.81. The van der Waals surface area contributed by atoms with Crippen LogP contribution in [0.15, 0.2) is 18.2 Å². The summed E-state index contributed by atoms with van der Waals surface area (Å²) >= 11 is 5.88. The zero-order chi connectivity index (χ0) is 17.4. The van der Waals surface area contributed by atoms with Crippen LogP contribution in [-0.4, -0.2) is 56.5 Å². The van der Waals surface area contributed by atoms with E-state index >= 15 is 0 Å². The first-order chi connectivity index (χ1) is 10.8. The van der Waals surface area contributed by atoms with E-state index in [0.29, 0.717) is 10.8 Å². The highest BCUT2D eigenvalue weighted by atomic mass is 35.5. The van der Waals surface area contributed by atoms with Crippen LogP contribution in [-0.2, 0) is 19.1 Å². The smallest absolute Gasteiger partial charge is 0.344 e. The Morgan fingerprint density at radius 2 is 1.91 bits per heavy atom. The number of aryl methyl sites for hydroxylation is 1. The molecule has 0 aliphatic rings. The summed E-state index contributed by atoms with van der Waals surface area (Å²) in [6, 6.07) is 4.98. The molecule has 0 spiro atoms. The predicted molar refractivity (Wildman–Crippen MR) is 84.3 cm³/mol. The fourth-order valence-corrected chi connectivity index (χ4v) is 1.54. The number of amides is 2. The number of hydrogen-bond donors (Lipinski definition) is 1. The van der Waals surface area contributed by atoms with Crippen molar-refractivity contribution in [2.75, 3.05) is 33.9 Å². The Morgan fingerprint density at radius 3 is 2.52 bits per heavy atom. The van der Waals surface area contributed by atoms with Gasteiger partial charge in [-0.3, -0.25) is 9.59 Å².